The number of carbonyl (C=O) groups is 2. The lowest BCUT2D eigenvalue weighted by Gasteiger charge is -2.11. The lowest BCUT2D eigenvalue weighted by atomic mass is 10.2. The fourth-order valence-electron chi connectivity index (χ4n) is 1.62. The number of nitrogens with zero attached hydrogens (tertiary/aromatic N) is 1. The summed E-state index contributed by atoms with van der Waals surface area (Å²) in [6.45, 7) is 3.61. The minimum absolute atomic E-state index is 0.0785. The number of amides is 1. The number of rotatable bonds is 5. The Morgan fingerprint density at radius 3 is 3.00 bits per heavy atom. The highest BCUT2D eigenvalue weighted by Crippen LogP contribution is 2.19. The Hall–Kier alpha value is -1.95. The van der Waals surface area contributed by atoms with Crippen LogP contribution < -0.4 is 5.32 Å². The monoisotopic (exact) mass is 292 g/mol. The summed E-state index contributed by atoms with van der Waals surface area (Å²) in [5.41, 5.74) is 3.00. The van der Waals surface area contributed by atoms with Gasteiger partial charge in [0.2, 0.25) is 0 Å². The van der Waals surface area contributed by atoms with Gasteiger partial charge in [0.05, 0.1) is 21.3 Å². The van der Waals surface area contributed by atoms with Crippen LogP contribution in [0.2, 0.25) is 0 Å². The maximum absolute atomic E-state index is 11.9. The molecule has 106 valence electrons. The van der Waals surface area contributed by atoms with E-state index in [1.807, 2.05) is 13.8 Å². The van der Waals surface area contributed by atoms with Crippen molar-refractivity contribution in [2.24, 2.45) is 0 Å². The van der Waals surface area contributed by atoms with Gasteiger partial charge in [0, 0.05) is 6.04 Å². The number of ether oxygens (including phenoxy) is 1. The van der Waals surface area contributed by atoms with Crippen LogP contribution in [0.15, 0.2) is 23.7 Å². The zero-order chi connectivity index (χ0) is 14.5. The molecule has 0 aliphatic rings. The van der Waals surface area contributed by atoms with Crippen LogP contribution in [0.25, 0.3) is 10.2 Å². The summed E-state index contributed by atoms with van der Waals surface area (Å²) in [6, 6.07) is 5.22. The second-order valence-corrected chi connectivity index (χ2v) is 5.37. The molecule has 1 N–H and O–H groups in total. The van der Waals surface area contributed by atoms with Gasteiger partial charge in [-0.2, -0.15) is 0 Å². The smallest absolute Gasteiger partial charge is 0.338 e. The molecule has 5 nitrogen and oxygen atoms in total. The zero-order valence-corrected chi connectivity index (χ0v) is 12.2. The number of hydrogen-bond acceptors (Lipinski definition) is 5. The molecule has 0 radical (unpaired) electrons. The van der Waals surface area contributed by atoms with Gasteiger partial charge in [-0.3, -0.25) is 4.79 Å². The largest absolute Gasteiger partial charge is 0.452 e. The van der Waals surface area contributed by atoms with Crippen LogP contribution in [0.4, 0.5) is 0 Å². The van der Waals surface area contributed by atoms with Crippen LogP contribution in [-0.4, -0.2) is 29.5 Å². The van der Waals surface area contributed by atoms with E-state index in [9.17, 15) is 9.59 Å². The summed E-state index contributed by atoms with van der Waals surface area (Å²) >= 11 is 1.46. The SMILES string of the molecule is CC[C@@H](C)NC(=O)COC(=O)c1ccc2ncsc2c1. The quantitative estimate of drug-likeness (QED) is 0.859. The second-order valence-electron chi connectivity index (χ2n) is 4.49. The number of benzene rings is 1. The number of fused-ring (bicyclic) bond motifs is 1. The first-order chi connectivity index (χ1) is 9.60. The summed E-state index contributed by atoms with van der Waals surface area (Å²) in [5.74, 6) is -0.786. The van der Waals surface area contributed by atoms with Crippen LogP contribution in [-0.2, 0) is 9.53 Å². The van der Waals surface area contributed by atoms with E-state index in [2.05, 4.69) is 10.3 Å². The van der Waals surface area contributed by atoms with Crippen LogP contribution in [0, 0.1) is 0 Å². The summed E-state index contributed by atoms with van der Waals surface area (Å²) in [7, 11) is 0. The second kappa shape index (κ2) is 6.47. The Kier molecular flexibility index (Phi) is 4.68. The first kappa shape index (κ1) is 14.5. The first-order valence-corrected chi connectivity index (χ1v) is 7.28. The van der Waals surface area contributed by atoms with Crippen molar-refractivity contribution in [1.82, 2.24) is 10.3 Å². The fourth-order valence-corrected chi connectivity index (χ4v) is 2.33. The van der Waals surface area contributed by atoms with E-state index in [0.29, 0.717) is 5.56 Å². The van der Waals surface area contributed by atoms with E-state index in [0.717, 1.165) is 16.6 Å². The fraction of sp³-hybridized carbons (Fsp3) is 0.357. The normalized spacial score (nSPS) is 12.1. The van der Waals surface area contributed by atoms with Crippen molar-refractivity contribution < 1.29 is 14.3 Å². The molecule has 1 aromatic carbocycles. The topological polar surface area (TPSA) is 68.3 Å². The van der Waals surface area contributed by atoms with Crippen molar-refractivity contribution in [2.75, 3.05) is 6.61 Å². The van der Waals surface area contributed by atoms with E-state index in [-0.39, 0.29) is 18.6 Å². The number of carbonyl (C=O) groups excluding carboxylic acids is 2. The van der Waals surface area contributed by atoms with Crippen molar-refractivity contribution >= 4 is 33.4 Å². The molecule has 20 heavy (non-hydrogen) atoms. The van der Waals surface area contributed by atoms with E-state index >= 15 is 0 Å². The molecule has 2 aromatic rings. The van der Waals surface area contributed by atoms with Gasteiger partial charge in [-0.05, 0) is 31.5 Å². The van der Waals surface area contributed by atoms with E-state index in [1.54, 1.807) is 23.7 Å². The minimum Gasteiger partial charge on any atom is -0.452 e. The predicted molar refractivity (Wildman–Crippen MR) is 77.8 cm³/mol. The third-order valence-electron chi connectivity index (χ3n) is 2.92. The van der Waals surface area contributed by atoms with Gasteiger partial charge in [-0.15, -0.1) is 11.3 Å². The maximum atomic E-state index is 11.9. The van der Waals surface area contributed by atoms with Crippen LogP contribution in [0.3, 0.4) is 0 Å². The Labute approximate surface area is 121 Å². The summed E-state index contributed by atoms with van der Waals surface area (Å²) < 4.78 is 5.91. The van der Waals surface area contributed by atoms with Gasteiger partial charge in [-0.25, -0.2) is 9.78 Å². The van der Waals surface area contributed by atoms with Crippen molar-refractivity contribution in [3.05, 3.63) is 29.3 Å². The van der Waals surface area contributed by atoms with E-state index in [1.165, 1.54) is 11.3 Å². The number of thiazole rings is 1. The van der Waals surface area contributed by atoms with Gasteiger partial charge < -0.3 is 10.1 Å². The molecule has 2 rings (SSSR count). The van der Waals surface area contributed by atoms with Gasteiger partial charge in [-0.1, -0.05) is 6.92 Å². The lowest BCUT2D eigenvalue weighted by Crippen LogP contribution is -2.35. The van der Waals surface area contributed by atoms with Gasteiger partial charge in [0.15, 0.2) is 6.61 Å². The van der Waals surface area contributed by atoms with Gasteiger partial charge >= 0.3 is 5.97 Å². The average Bonchev–Trinajstić information content (AvgIpc) is 2.91. The Balaban J connectivity index is 1.92. The minimum atomic E-state index is -0.500. The molecule has 0 aliphatic carbocycles. The molecule has 1 amide bonds. The van der Waals surface area contributed by atoms with E-state index in [4.69, 9.17) is 4.74 Å². The highest BCUT2D eigenvalue weighted by Gasteiger charge is 2.12. The lowest BCUT2D eigenvalue weighted by molar-refractivity contribution is -0.124. The molecule has 0 spiro atoms. The molecule has 1 heterocycles. The highest BCUT2D eigenvalue weighted by atomic mass is 32.1. The molecular formula is C14H16N2O3S. The molecule has 0 aliphatic heterocycles. The highest BCUT2D eigenvalue weighted by molar-refractivity contribution is 7.16. The van der Waals surface area contributed by atoms with E-state index < -0.39 is 5.97 Å². The van der Waals surface area contributed by atoms with Crippen molar-refractivity contribution in [3.63, 3.8) is 0 Å². The third-order valence-corrected chi connectivity index (χ3v) is 3.71. The molecule has 0 saturated heterocycles. The Morgan fingerprint density at radius 1 is 1.45 bits per heavy atom. The molecule has 1 atom stereocenters. The first-order valence-electron chi connectivity index (χ1n) is 6.40. The van der Waals surface area contributed by atoms with Crippen LogP contribution in [0.1, 0.15) is 30.6 Å². The molecule has 0 bridgehead atoms. The van der Waals surface area contributed by atoms with Crippen molar-refractivity contribution in [3.8, 4) is 0 Å². The number of esters is 1. The number of nitrogens with one attached hydrogen (secondary N) is 1. The summed E-state index contributed by atoms with van der Waals surface area (Å²) in [4.78, 5) is 27.5. The molecular weight excluding hydrogens is 276 g/mol. The molecule has 0 saturated carbocycles. The Bertz CT molecular complexity index is 624. The number of hydrogen-bond donors (Lipinski definition) is 1. The van der Waals surface area contributed by atoms with Crippen molar-refractivity contribution in [1.29, 1.82) is 0 Å². The molecule has 6 heteroatoms. The molecule has 0 fully saturated rings. The molecule has 1 aromatic heterocycles. The maximum Gasteiger partial charge on any atom is 0.338 e. The van der Waals surface area contributed by atoms with Crippen molar-refractivity contribution in [2.45, 2.75) is 26.3 Å². The Morgan fingerprint density at radius 2 is 2.25 bits per heavy atom. The predicted octanol–water partition coefficient (Wildman–Crippen LogP) is 2.37. The standard InChI is InChI=1S/C14H16N2O3S/c1-3-9(2)16-13(17)7-19-14(18)10-4-5-11-12(6-10)20-8-15-11/h4-6,8-9H,3,7H2,1-2H3,(H,16,17)/t9-/m1/s1. The van der Waals surface area contributed by atoms with Crippen LogP contribution >= 0.6 is 11.3 Å². The zero-order valence-electron chi connectivity index (χ0n) is 11.4. The van der Waals surface area contributed by atoms with Gasteiger partial charge in [0.25, 0.3) is 5.91 Å². The average molecular weight is 292 g/mol. The van der Waals surface area contributed by atoms with Gasteiger partial charge in [0.1, 0.15) is 0 Å². The summed E-state index contributed by atoms with van der Waals surface area (Å²) in [5, 5.41) is 2.74. The number of aromatic nitrogens is 1. The summed E-state index contributed by atoms with van der Waals surface area (Å²) in [6.07, 6.45) is 0.835. The third kappa shape index (κ3) is 3.54. The molecule has 0 unspecified atom stereocenters. The van der Waals surface area contributed by atoms with Crippen LogP contribution in [0.5, 0.6) is 0 Å².